The minimum Gasteiger partial charge on any atom is -0.465 e. The number of likely N-dealkylation sites (tertiary alicyclic amines) is 1. The molecule has 6 atom stereocenters. The average molecular weight is 511 g/mol. The lowest BCUT2D eigenvalue weighted by atomic mass is 9.74. The van der Waals surface area contributed by atoms with Crippen molar-refractivity contribution in [1.82, 2.24) is 4.90 Å². The maximum Gasteiger partial charge on any atom is 0.311 e. The Morgan fingerprint density at radius 1 is 1.11 bits per heavy atom. The first kappa shape index (κ1) is 25.1. The molecule has 8 heteroatoms. The van der Waals surface area contributed by atoms with E-state index in [4.69, 9.17) is 4.74 Å². The van der Waals surface area contributed by atoms with Crippen LogP contribution in [0.15, 0.2) is 42.5 Å². The monoisotopic (exact) mass is 510 g/mol. The van der Waals surface area contributed by atoms with E-state index in [0.29, 0.717) is 19.4 Å². The van der Waals surface area contributed by atoms with Crippen LogP contribution >= 0.6 is 11.8 Å². The zero-order chi connectivity index (χ0) is 25.8. The number of carbonyl (C=O) groups is 3. The second kappa shape index (κ2) is 9.06. The van der Waals surface area contributed by atoms with Gasteiger partial charge in [0.2, 0.25) is 5.91 Å². The van der Waals surface area contributed by atoms with Crippen molar-refractivity contribution in [2.24, 2.45) is 11.8 Å². The predicted molar refractivity (Wildman–Crippen MR) is 140 cm³/mol. The number of anilines is 1. The number of esters is 1. The molecule has 1 N–H and O–H groups in total. The van der Waals surface area contributed by atoms with Crippen LogP contribution in [0.4, 0.5) is 5.69 Å². The minimum atomic E-state index is -0.949. The van der Waals surface area contributed by atoms with E-state index in [1.165, 1.54) is 11.8 Å². The zero-order valence-corrected chi connectivity index (χ0v) is 22.1. The highest BCUT2D eigenvalue weighted by Crippen LogP contribution is 2.65. The number of rotatable bonds is 4. The molecule has 7 nitrogen and oxygen atoms in total. The molecule has 0 radical (unpaired) electrons. The first-order valence-electron chi connectivity index (χ1n) is 12.7. The Hall–Kier alpha value is -2.58. The molecule has 0 aliphatic carbocycles. The van der Waals surface area contributed by atoms with Crippen LogP contribution in [0.5, 0.6) is 0 Å². The summed E-state index contributed by atoms with van der Waals surface area (Å²) in [5, 5.41) is 10.3. The van der Waals surface area contributed by atoms with Crippen molar-refractivity contribution in [3.05, 3.63) is 53.6 Å². The van der Waals surface area contributed by atoms with Crippen LogP contribution < -0.4 is 4.90 Å². The van der Waals surface area contributed by atoms with Gasteiger partial charge in [-0.3, -0.25) is 14.4 Å². The summed E-state index contributed by atoms with van der Waals surface area (Å²) in [6.45, 7) is 8.24. The number of cyclic esters (lactones) is 1. The number of aliphatic hydroxyl groups is 1. The number of carbonyl (C=O) groups excluding carboxylic acids is 3. The molecule has 2 fully saturated rings. The van der Waals surface area contributed by atoms with Gasteiger partial charge < -0.3 is 19.6 Å². The van der Waals surface area contributed by atoms with Crippen molar-refractivity contribution >= 4 is 35.2 Å². The molecular formula is C28H34N2O5S. The molecule has 4 aliphatic heterocycles. The zero-order valence-electron chi connectivity index (χ0n) is 21.3. The Labute approximate surface area is 216 Å². The first-order chi connectivity index (χ1) is 17.2. The first-order valence-corrected chi connectivity index (χ1v) is 13.5. The Kier molecular flexibility index (Phi) is 6.32. The second-order valence-electron chi connectivity index (χ2n) is 10.4. The fraction of sp³-hybridized carbons (Fsp3) is 0.536. The normalized spacial score (nSPS) is 34.5. The highest BCUT2D eigenvalue weighted by atomic mass is 32.2. The third kappa shape index (κ3) is 3.48. The summed E-state index contributed by atoms with van der Waals surface area (Å²) < 4.78 is 3.94. The third-order valence-corrected chi connectivity index (χ3v) is 10.0. The Morgan fingerprint density at radius 3 is 2.50 bits per heavy atom. The molecule has 1 spiro atoms. The van der Waals surface area contributed by atoms with Crippen LogP contribution in [-0.4, -0.2) is 69.1 Å². The number of benzene rings is 1. The number of aliphatic hydroxyl groups excluding tert-OH is 1. The van der Waals surface area contributed by atoms with E-state index < -0.39 is 33.4 Å². The average Bonchev–Trinajstić information content (AvgIpc) is 3.15. The highest BCUT2D eigenvalue weighted by molar-refractivity contribution is 8.02. The van der Waals surface area contributed by atoms with Gasteiger partial charge in [-0.05, 0) is 44.7 Å². The fourth-order valence-electron chi connectivity index (χ4n) is 6.67. The quantitative estimate of drug-likeness (QED) is 0.495. The molecular weight excluding hydrogens is 476 g/mol. The molecule has 0 saturated carbocycles. The number of ether oxygens (including phenoxy) is 1. The largest absolute Gasteiger partial charge is 0.465 e. The fourth-order valence-corrected chi connectivity index (χ4v) is 8.81. The van der Waals surface area contributed by atoms with Gasteiger partial charge in [-0.25, -0.2) is 0 Å². The van der Waals surface area contributed by atoms with Crippen LogP contribution in [0.1, 0.15) is 37.8 Å². The Bertz CT molecular complexity index is 1140. The molecule has 5 rings (SSSR count). The van der Waals surface area contributed by atoms with Crippen molar-refractivity contribution in [3.8, 4) is 0 Å². The summed E-state index contributed by atoms with van der Waals surface area (Å²) in [4.78, 5) is 45.5. The number of hydrogen-bond donors (Lipinski definition) is 1. The van der Waals surface area contributed by atoms with E-state index in [1.807, 2.05) is 70.2 Å². The second-order valence-corrected chi connectivity index (χ2v) is 12.2. The SMILES string of the molecule is CC[C@@H](CO)N1C(=O)[C@@H]2[C@H]3C(=O)OCCC=C[C@@]3(C)S[C@@]23C=CCN(c2c(C)cccc2C)C(=O)C13. The molecule has 4 heterocycles. The number of hydrogen-bond acceptors (Lipinski definition) is 6. The summed E-state index contributed by atoms with van der Waals surface area (Å²) in [6, 6.07) is 4.57. The molecule has 2 saturated heterocycles. The number of aryl methyl sites for hydroxylation is 2. The smallest absolute Gasteiger partial charge is 0.311 e. The van der Waals surface area contributed by atoms with Gasteiger partial charge in [0, 0.05) is 17.0 Å². The molecule has 1 aromatic carbocycles. The van der Waals surface area contributed by atoms with Gasteiger partial charge in [0.05, 0.1) is 35.8 Å². The molecule has 1 aromatic rings. The van der Waals surface area contributed by atoms with Crippen LogP contribution in [0.3, 0.4) is 0 Å². The molecule has 0 aromatic heterocycles. The summed E-state index contributed by atoms with van der Waals surface area (Å²) in [6.07, 6.45) is 9.12. The Morgan fingerprint density at radius 2 is 1.83 bits per heavy atom. The highest BCUT2D eigenvalue weighted by Gasteiger charge is 2.74. The van der Waals surface area contributed by atoms with Gasteiger partial charge >= 0.3 is 5.97 Å². The van der Waals surface area contributed by atoms with E-state index in [0.717, 1.165) is 16.8 Å². The van der Waals surface area contributed by atoms with Gasteiger partial charge in [-0.2, -0.15) is 0 Å². The van der Waals surface area contributed by atoms with Crippen molar-refractivity contribution in [2.75, 3.05) is 24.7 Å². The van der Waals surface area contributed by atoms with E-state index in [2.05, 4.69) is 0 Å². The van der Waals surface area contributed by atoms with Crippen LogP contribution in [0.25, 0.3) is 0 Å². The number of amides is 2. The van der Waals surface area contributed by atoms with Crippen molar-refractivity contribution in [3.63, 3.8) is 0 Å². The van der Waals surface area contributed by atoms with Gasteiger partial charge in [0.15, 0.2) is 0 Å². The molecule has 36 heavy (non-hydrogen) atoms. The van der Waals surface area contributed by atoms with Crippen molar-refractivity contribution in [1.29, 1.82) is 0 Å². The standard InChI is InChI=1S/C28H34N2O5S/c1-5-19(16-31)30-23-25(33)29(22-17(2)10-8-11-18(22)3)14-9-13-28(23)20(24(30)32)21-26(34)35-15-7-6-12-27(21,4)36-28/h6,8-13,19-21,23,31H,5,7,14-16H2,1-4H3/t19-,20-,21-,23?,27+,28-/m0/s1. The van der Waals surface area contributed by atoms with E-state index >= 15 is 0 Å². The van der Waals surface area contributed by atoms with Crippen LogP contribution in [0, 0.1) is 25.7 Å². The van der Waals surface area contributed by atoms with Gasteiger partial charge in [0.25, 0.3) is 5.91 Å². The number of thioether (sulfide) groups is 1. The van der Waals surface area contributed by atoms with E-state index in [9.17, 15) is 19.5 Å². The van der Waals surface area contributed by atoms with Crippen molar-refractivity contribution < 1.29 is 24.2 Å². The molecule has 0 bridgehead atoms. The number of para-hydroxylation sites is 1. The van der Waals surface area contributed by atoms with Gasteiger partial charge in [-0.15, -0.1) is 11.8 Å². The van der Waals surface area contributed by atoms with E-state index in [-0.39, 0.29) is 31.0 Å². The summed E-state index contributed by atoms with van der Waals surface area (Å²) in [5.41, 5.74) is 2.80. The summed E-state index contributed by atoms with van der Waals surface area (Å²) >= 11 is 1.53. The lowest BCUT2D eigenvalue weighted by Crippen LogP contribution is -2.57. The number of nitrogens with zero attached hydrogens (tertiary/aromatic N) is 2. The topological polar surface area (TPSA) is 87.2 Å². The lowest BCUT2D eigenvalue weighted by Gasteiger charge is -2.40. The maximum absolute atomic E-state index is 14.6. The van der Waals surface area contributed by atoms with Crippen LogP contribution in [0.2, 0.25) is 0 Å². The maximum atomic E-state index is 14.6. The number of fused-ring (bicyclic) bond motifs is 2. The minimum absolute atomic E-state index is 0.178. The van der Waals surface area contributed by atoms with Crippen molar-refractivity contribution in [2.45, 2.75) is 62.1 Å². The molecule has 192 valence electrons. The lowest BCUT2D eigenvalue weighted by molar-refractivity contribution is -0.154. The summed E-state index contributed by atoms with van der Waals surface area (Å²) in [5.74, 6) is -2.30. The molecule has 1 unspecified atom stereocenters. The molecule has 4 aliphatic rings. The predicted octanol–water partition coefficient (Wildman–Crippen LogP) is 3.17. The third-order valence-electron chi connectivity index (χ3n) is 8.24. The van der Waals surface area contributed by atoms with E-state index in [1.54, 1.807) is 9.80 Å². The Balaban J connectivity index is 1.71. The van der Waals surface area contributed by atoms with Gasteiger partial charge in [-0.1, -0.05) is 49.4 Å². The molecule has 2 amide bonds. The van der Waals surface area contributed by atoms with Gasteiger partial charge in [0.1, 0.15) is 6.04 Å². The van der Waals surface area contributed by atoms with Crippen LogP contribution in [-0.2, 0) is 19.1 Å². The summed E-state index contributed by atoms with van der Waals surface area (Å²) in [7, 11) is 0.